The van der Waals surface area contributed by atoms with Crippen molar-refractivity contribution in [3.8, 4) is 5.88 Å². The Balaban J connectivity index is 3.26. The highest BCUT2D eigenvalue weighted by Gasteiger charge is 2.23. The molecule has 0 bridgehead atoms. The molecule has 1 N–H and O–H groups in total. The van der Waals surface area contributed by atoms with Crippen LogP contribution in [-0.2, 0) is 25.5 Å². The number of nitrogens with one attached hydrogen (secondary N) is 1. The van der Waals surface area contributed by atoms with Crippen molar-refractivity contribution in [3.63, 3.8) is 0 Å². The summed E-state index contributed by atoms with van der Waals surface area (Å²) in [6.07, 6.45) is 3.75. The van der Waals surface area contributed by atoms with Crippen LogP contribution in [0.4, 0.5) is 0 Å². The van der Waals surface area contributed by atoms with E-state index in [2.05, 4.69) is 21.6 Å². The van der Waals surface area contributed by atoms with Crippen molar-refractivity contribution in [3.05, 3.63) is 17.6 Å². The number of methoxy groups -OCH3 is 2. The van der Waals surface area contributed by atoms with Crippen molar-refractivity contribution in [2.24, 2.45) is 0 Å². The number of unbranched alkanes of at least 4 members (excludes halogenated alkanes) is 1. The van der Waals surface area contributed by atoms with Gasteiger partial charge in [-0.3, -0.25) is 0 Å². The Morgan fingerprint density at radius 3 is 2.50 bits per heavy atom. The number of hydrogen-bond donors (Lipinski definition) is 1. The number of aromatic amines is 1. The summed E-state index contributed by atoms with van der Waals surface area (Å²) >= 11 is 0. The number of imidazole rings is 1. The molecular weight excluding hydrogens is 288 g/mol. The van der Waals surface area contributed by atoms with Gasteiger partial charge in [0.2, 0.25) is 5.88 Å². The molecule has 122 valence electrons. The number of carbonyl (C=O) groups is 2. The fourth-order valence-corrected chi connectivity index (χ4v) is 1.81. The number of ether oxygens (including phenoxy) is 3. The van der Waals surface area contributed by atoms with E-state index in [-0.39, 0.29) is 11.5 Å². The summed E-state index contributed by atoms with van der Waals surface area (Å²) in [5, 5.41) is 0. The zero-order valence-electron chi connectivity index (χ0n) is 13.4. The van der Waals surface area contributed by atoms with Crippen LogP contribution in [0.15, 0.2) is 6.08 Å². The van der Waals surface area contributed by atoms with Crippen molar-refractivity contribution in [1.82, 2.24) is 9.97 Å². The third kappa shape index (κ3) is 4.61. The molecule has 0 aliphatic carbocycles. The quantitative estimate of drug-likeness (QED) is 0.582. The van der Waals surface area contributed by atoms with E-state index in [1.807, 2.05) is 6.92 Å². The van der Waals surface area contributed by atoms with E-state index in [0.717, 1.165) is 25.3 Å². The van der Waals surface area contributed by atoms with Gasteiger partial charge in [-0.2, -0.15) is 4.98 Å². The number of nitrogens with zero attached hydrogens (tertiary/aromatic N) is 1. The van der Waals surface area contributed by atoms with Gasteiger partial charge in [-0.25, -0.2) is 9.59 Å². The van der Waals surface area contributed by atoms with Crippen LogP contribution >= 0.6 is 0 Å². The second kappa shape index (κ2) is 8.86. The molecule has 0 fully saturated rings. The molecule has 0 radical (unpaired) electrons. The van der Waals surface area contributed by atoms with Crippen molar-refractivity contribution >= 4 is 17.5 Å². The fraction of sp³-hybridized carbons (Fsp3) is 0.533. The highest BCUT2D eigenvalue weighted by Crippen LogP contribution is 2.25. The summed E-state index contributed by atoms with van der Waals surface area (Å²) in [7, 11) is 2.47. The Morgan fingerprint density at radius 2 is 1.95 bits per heavy atom. The summed E-state index contributed by atoms with van der Waals surface area (Å²) < 4.78 is 14.7. The zero-order valence-corrected chi connectivity index (χ0v) is 13.4. The number of carbonyl (C=O) groups excluding carboxylic acids is 2. The highest BCUT2D eigenvalue weighted by atomic mass is 16.5. The van der Waals surface area contributed by atoms with Crippen LogP contribution in [0, 0.1) is 0 Å². The van der Waals surface area contributed by atoms with Gasteiger partial charge in [0, 0.05) is 12.5 Å². The first kappa shape index (κ1) is 17.7. The molecule has 7 nitrogen and oxygen atoms in total. The second-order valence-electron chi connectivity index (χ2n) is 4.47. The molecule has 0 amide bonds. The number of H-pyrrole nitrogens is 1. The topological polar surface area (TPSA) is 90.5 Å². The van der Waals surface area contributed by atoms with E-state index >= 15 is 0 Å². The summed E-state index contributed by atoms with van der Waals surface area (Å²) in [5.74, 6) is -0.362. The lowest BCUT2D eigenvalue weighted by Crippen LogP contribution is -2.09. The van der Waals surface area contributed by atoms with E-state index < -0.39 is 11.9 Å². The summed E-state index contributed by atoms with van der Waals surface area (Å²) in [4.78, 5) is 30.8. The largest absolute Gasteiger partial charge is 0.476 e. The van der Waals surface area contributed by atoms with Gasteiger partial charge in [0.05, 0.1) is 26.4 Å². The normalized spacial score (nSPS) is 11.2. The van der Waals surface area contributed by atoms with Crippen LogP contribution in [0.3, 0.4) is 0 Å². The molecule has 1 aromatic heterocycles. The van der Waals surface area contributed by atoms with Crippen molar-refractivity contribution in [2.75, 3.05) is 20.8 Å². The molecule has 1 rings (SSSR count). The average molecular weight is 310 g/mol. The Kier molecular flexibility index (Phi) is 7.15. The van der Waals surface area contributed by atoms with Crippen LogP contribution < -0.4 is 4.74 Å². The Bertz CT molecular complexity index is 548. The van der Waals surface area contributed by atoms with Gasteiger partial charge < -0.3 is 19.2 Å². The highest BCUT2D eigenvalue weighted by molar-refractivity contribution is 6.20. The van der Waals surface area contributed by atoms with Crippen LogP contribution in [0.5, 0.6) is 5.88 Å². The van der Waals surface area contributed by atoms with E-state index in [0.29, 0.717) is 18.1 Å². The third-order valence-corrected chi connectivity index (χ3v) is 2.91. The zero-order chi connectivity index (χ0) is 16.5. The standard InChI is InChI=1S/C15H22N2O5/c1-5-7-8-11-16-13(14(17-11)22-6-2)10(15(19)21-4)9-12(18)20-3/h9H,5-8H2,1-4H3,(H,16,17)/b10-9-. The number of aryl methyl sites for hydroxylation is 1. The number of aromatic nitrogens is 2. The monoisotopic (exact) mass is 310 g/mol. The summed E-state index contributed by atoms with van der Waals surface area (Å²) in [6, 6.07) is 0. The Hall–Kier alpha value is -2.31. The van der Waals surface area contributed by atoms with Crippen LogP contribution in [-0.4, -0.2) is 42.7 Å². The number of hydrogen-bond acceptors (Lipinski definition) is 6. The third-order valence-electron chi connectivity index (χ3n) is 2.91. The first-order chi connectivity index (χ1) is 10.6. The van der Waals surface area contributed by atoms with Crippen LogP contribution in [0.2, 0.25) is 0 Å². The van der Waals surface area contributed by atoms with Gasteiger partial charge >= 0.3 is 11.9 Å². The SMILES string of the molecule is CCCCc1nc(OCC)c(/C(=C/C(=O)OC)C(=O)OC)[nH]1. The Morgan fingerprint density at radius 1 is 1.23 bits per heavy atom. The maximum atomic E-state index is 11.9. The van der Waals surface area contributed by atoms with Crippen molar-refractivity contribution in [1.29, 1.82) is 0 Å². The molecule has 0 aliphatic heterocycles. The molecule has 1 heterocycles. The number of esters is 2. The first-order valence-electron chi connectivity index (χ1n) is 7.17. The minimum absolute atomic E-state index is 0.0213. The maximum absolute atomic E-state index is 11.9. The average Bonchev–Trinajstić information content (AvgIpc) is 2.92. The molecule has 22 heavy (non-hydrogen) atoms. The minimum Gasteiger partial charge on any atom is -0.476 e. The fourth-order valence-electron chi connectivity index (χ4n) is 1.81. The molecule has 0 spiro atoms. The molecule has 0 unspecified atom stereocenters. The molecule has 1 aromatic rings. The van der Waals surface area contributed by atoms with Gasteiger partial charge in [-0.15, -0.1) is 0 Å². The first-order valence-corrected chi connectivity index (χ1v) is 7.17. The lowest BCUT2D eigenvalue weighted by Gasteiger charge is -2.06. The molecule has 7 heteroatoms. The maximum Gasteiger partial charge on any atom is 0.340 e. The molecule has 0 aromatic carbocycles. The van der Waals surface area contributed by atoms with Gasteiger partial charge in [-0.1, -0.05) is 13.3 Å². The van der Waals surface area contributed by atoms with E-state index in [1.165, 1.54) is 14.2 Å². The number of rotatable bonds is 8. The van der Waals surface area contributed by atoms with Gasteiger partial charge in [-0.05, 0) is 13.3 Å². The van der Waals surface area contributed by atoms with Crippen LogP contribution in [0.1, 0.15) is 38.2 Å². The molecule has 0 aliphatic rings. The molecular formula is C15H22N2O5. The van der Waals surface area contributed by atoms with Gasteiger partial charge in [0.25, 0.3) is 0 Å². The lowest BCUT2D eigenvalue weighted by atomic mass is 10.2. The van der Waals surface area contributed by atoms with E-state index in [9.17, 15) is 9.59 Å². The predicted octanol–water partition coefficient (Wildman–Crippen LogP) is 1.88. The second-order valence-corrected chi connectivity index (χ2v) is 4.47. The molecule has 0 atom stereocenters. The Labute approximate surface area is 129 Å². The summed E-state index contributed by atoms with van der Waals surface area (Å²) in [5.41, 5.74) is 0.346. The van der Waals surface area contributed by atoms with Crippen molar-refractivity contribution < 1.29 is 23.8 Å². The van der Waals surface area contributed by atoms with Crippen molar-refractivity contribution in [2.45, 2.75) is 33.1 Å². The van der Waals surface area contributed by atoms with E-state index in [1.54, 1.807) is 0 Å². The minimum atomic E-state index is -0.669. The lowest BCUT2D eigenvalue weighted by molar-refractivity contribution is -0.136. The van der Waals surface area contributed by atoms with Gasteiger partial charge in [0.1, 0.15) is 11.5 Å². The summed E-state index contributed by atoms with van der Waals surface area (Å²) in [6.45, 7) is 4.27. The van der Waals surface area contributed by atoms with Crippen LogP contribution in [0.25, 0.3) is 5.57 Å². The van der Waals surface area contributed by atoms with E-state index in [4.69, 9.17) is 9.47 Å². The van der Waals surface area contributed by atoms with Gasteiger partial charge in [0.15, 0.2) is 0 Å². The molecule has 0 saturated carbocycles. The predicted molar refractivity (Wildman–Crippen MR) is 80.4 cm³/mol. The molecule has 0 saturated heterocycles. The smallest absolute Gasteiger partial charge is 0.340 e.